The highest BCUT2D eigenvalue weighted by Gasteiger charge is 2.29. The fraction of sp³-hybridized carbons (Fsp3) is 0.667. The number of carboxylic acids is 1. The highest BCUT2D eigenvalue weighted by molar-refractivity contribution is 5.95. The first-order valence-electron chi connectivity index (χ1n) is 5.23. The van der Waals surface area contributed by atoms with Crippen LogP contribution in [0.2, 0.25) is 0 Å². The maximum atomic E-state index is 11.4. The monoisotopic (exact) mass is 244 g/mol. The van der Waals surface area contributed by atoms with Crippen LogP contribution in [0.15, 0.2) is 0 Å². The minimum atomic E-state index is -0.982. The van der Waals surface area contributed by atoms with E-state index in [-0.39, 0.29) is 6.54 Å². The normalized spacial score (nSPS) is 20.6. The summed E-state index contributed by atoms with van der Waals surface area (Å²) in [7, 11) is 1.40. The summed E-state index contributed by atoms with van der Waals surface area (Å²) in [5.41, 5.74) is 0. The molecule has 4 N–H and O–H groups in total. The molecule has 1 aliphatic heterocycles. The number of nitrogens with one attached hydrogen (secondary N) is 3. The molecule has 8 heteroatoms. The molecule has 0 aliphatic carbocycles. The van der Waals surface area contributed by atoms with E-state index in [0.717, 1.165) is 0 Å². The van der Waals surface area contributed by atoms with E-state index in [1.165, 1.54) is 11.9 Å². The van der Waals surface area contributed by atoms with Gasteiger partial charge in [-0.3, -0.25) is 19.8 Å². The summed E-state index contributed by atoms with van der Waals surface area (Å²) in [5, 5.41) is 16.2. The number of imide groups is 1. The largest absolute Gasteiger partial charge is 0.480 e. The van der Waals surface area contributed by atoms with Crippen molar-refractivity contribution in [3.63, 3.8) is 0 Å². The van der Waals surface area contributed by atoms with E-state index in [2.05, 4.69) is 16.0 Å². The zero-order valence-corrected chi connectivity index (χ0v) is 9.52. The van der Waals surface area contributed by atoms with Crippen molar-refractivity contribution in [2.45, 2.75) is 6.04 Å². The zero-order chi connectivity index (χ0) is 12.8. The van der Waals surface area contributed by atoms with E-state index in [9.17, 15) is 14.4 Å². The second-order valence-electron chi connectivity index (χ2n) is 3.66. The molecular weight excluding hydrogens is 228 g/mol. The van der Waals surface area contributed by atoms with Crippen LogP contribution in [0.1, 0.15) is 0 Å². The Morgan fingerprint density at radius 2 is 2.18 bits per heavy atom. The van der Waals surface area contributed by atoms with Gasteiger partial charge in [0.15, 0.2) is 0 Å². The van der Waals surface area contributed by atoms with E-state index < -0.39 is 23.9 Å². The number of aliphatic carboxylic acids is 1. The fourth-order valence-electron chi connectivity index (χ4n) is 1.59. The van der Waals surface area contributed by atoms with Gasteiger partial charge in [0.05, 0.1) is 6.54 Å². The smallest absolute Gasteiger partial charge is 0.322 e. The van der Waals surface area contributed by atoms with Crippen molar-refractivity contribution in [2.24, 2.45) is 0 Å². The maximum absolute atomic E-state index is 11.4. The van der Waals surface area contributed by atoms with Crippen molar-refractivity contribution < 1.29 is 19.5 Å². The lowest BCUT2D eigenvalue weighted by Crippen LogP contribution is -2.57. The number of hydrogen-bond donors (Lipinski definition) is 4. The summed E-state index contributed by atoms with van der Waals surface area (Å²) in [4.78, 5) is 34.8. The van der Waals surface area contributed by atoms with Crippen LogP contribution in [-0.4, -0.2) is 67.2 Å². The minimum absolute atomic E-state index is 0.105. The van der Waals surface area contributed by atoms with Crippen LogP contribution >= 0.6 is 0 Å². The van der Waals surface area contributed by atoms with Gasteiger partial charge in [0.2, 0.25) is 5.91 Å². The van der Waals surface area contributed by atoms with Crippen LogP contribution in [0.4, 0.5) is 4.79 Å². The maximum Gasteiger partial charge on any atom is 0.322 e. The predicted octanol–water partition coefficient (Wildman–Crippen LogP) is -2.20. The molecule has 96 valence electrons. The van der Waals surface area contributed by atoms with Gasteiger partial charge in [0.25, 0.3) is 0 Å². The second-order valence-corrected chi connectivity index (χ2v) is 3.66. The molecular formula is C9H16N4O4. The molecule has 1 fully saturated rings. The molecule has 0 saturated carbocycles. The van der Waals surface area contributed by atoms with E-state index in [4.69, 9.17) is 5.11 Å². The van der Waals surface area contributed by atoms with Crippen LogP contribution < -0.4 is 16.0 Å². The Balaban J connectivity index is 2.50. The molecule has 0 bridgehead atoms. The number of amides is 3. The van der Waals surface area contributed by atoms with Gasteiger partial charge < -0.3 is 15.7 Å². The zero-order valence-electron chi connectivity index (χ0n) is 9.52. The summed E-state index contributed by atoms with van der Waals surface area (Å²) in [6.45, 7) is 1.27. The molecule has 0 aromatic rings. The summed E-state index contributed by atoms with van der Waals surface area (Å²) in [5.74, 6) is -1.50. The number of carboxylic acid groups (broad SMARTS) is 1. The Hall–Kier alpha value is -1.67. The quantitative estimate of drug-likeness (QED) is 0.448. The predicted molar refractivity (Wildman–Crippen MR) is 58.5 cm³/mol. The van der Waals surface area contributed by atoms with Crippen molar-refractivity contribution in [1.29, 1.82) is 0 Å². The first kappa shape index (κ1) is 13.4. The van der Waals surface area contributed by atoms with E-state index in [1.54, 1.807) is 0 Å². The van der Waals surface area contributed by atoms with E-state index in [1.807, 2.05) is 0 Å². The van der Waals surface area contributed by atoms with Gasteiger partial charge in [-0.2, -0.15) is 0 Å². The lowest BCUT2D eigenvalue weighted by atomic mass is 10.2. The Kier molecular flexibility index (Phi) is 4.85. The molecule has 1 unspecified atom stereocenters. The van der Waals surface area contributed by atoms with Crippen LogP contribution in [0.5, 0.6) is 0 Å². The molecule has 8 nitrogen and oxygen atoms in total. The fourth-order valence-corrected chi connectivity index (χ4v) is 1.59. The van der Waals surface area contributed by atoms with Crippen molar-refractivity contribution in [3.8, 4) is 0 Å². The molecule has 1 rings (SSSR count). The third-order valence-corrected chi connectivity index (χ3v) is 2.47. The Labute approximate surface area is 98.3 Å². The van der Waals surface area contributed by atoms with Crippen LogP contribution in [-0.2, 0) is 9.59 Å². The number of rotatable bonds is 3. The first-order chi connectivity index (χ1) is 8.04. The van der Waals surface area contributed by atoms with Gasteiger partial charge in [0, 0.05) is 26.7 Å². The summed E-state index contributed by atoms with van der Waals surface area (Å²) < 4.78 is 0. The van der Waals surface area contributed by atoms with E-state index in [0.29, 0.717) is 19.6 Å². The van der Waals surface area contributed by atoms with Gasteiger partial charge in [0.1, 0.15) is 6.04 Å². The van der Waals surface area contributed by atoms with Crippen LogP contribution in [0, 0.1) is 0 Å². The van der Waals surface area contributed by atoms with Gasteiger partial charge in [-0.15, -0.1) is 0 Å². The third-order valence-electron chi connectivity index (χ3n) is 2.47. The summed E-state index contributed by atoms with van der Waals surface area (Å²) >= 11 is 0. The molecule has 1 heterocycles. The molecule has 0 aromatic carbocycles. The molecule has 1 atom stereocenters. The third kappa shape index (κ3) is 4.00. The average molecular weight is 244 g/mol. The highest BCUT2D eigenvalue weighted by Crippen LogP contribution is 2.02. The van der Waals surface area contributed by atoms with Gasteiger partial charge in [-0.1, -0.05) is 0 Å². The van der Waals surface area contributed by atoms with Gasteiger partial charge in [-0.25, -0.2) is 4.79 Å². The SMILES string of the molecule is CNC(=O)NC(=O)CN1CCNCC1C(=O)O. The molecule has 17 heavy (non-hydrogen) atoms. The van der Waals surface area contributed by atoms with Crippen molar-refractivity contribution >= 4 is 17.9 Å². The molecule has 0 radical (unpaired) electrons. The van der Waals surface area contributed by atoms with Crippen molar-refractivity contribution in [3.05, 3.63) is 0 Å². The van der Waals surface area contributed by atoms with Crippen LogP contribution in [0.25, 0.3) is 0 Å². The highest BCUT2D eigenvalue weighted by atomic mass is 16.4. The number of carbonyl (C=O) groups excluding carboxylic acids is 2. The van der Waals surface area contributed by atoms with Crippen molar-refractivity contribution in [2.75, 3.05) is 33.2 Å². The summed E-state index contributed by atoms with van der Waals surface area (Å²) in [6.07, 6.45) is 0. The van der Waals surface area contributed by atoms with Gasteiger partial charge in [-0.05, 0) is 0 Å². The number of urea groups is 1. The standard InChI is InChI=1S/C9H16N4O4/c1-10-9(17)12-7(14)5-13-3-2-11-4-6(13)8(15)16/h6,11H,2-5H2,1H3,(H,15,16)(H2,10,12,14,17). The lowest BCUT2D eigenvalue weighted by Gasteiger charge is -2.32. The molecule has 3 amide bonds. The molecule has 0 aromatic heterocycles. The lowest BCUT2D eigenvalue weighted by molar-refractivity contribution is -0.144. The van der Waals surface area contributed by atoms with Gasteiger partial charge >= 0.3 is 12.0 Å². The first-order valence-corrected chi connectivity index (χ1v) is 5.23. The Morgan fingerprint density at radius 1 is 1.47 bits per heavy atom. The minimum Gasteiger partial charge on any atom is -0.480 e. The topological polar surface area (TPSA) is 111 Å². The van der Waals surface area contributed by atoms with Crippen LogP contribution in [0.3, 0.4) is 0 Å². The number of piperazine rings is 1. The Morgan fingerprint density at radius 3 is 2.76 bits per heavy atom. The molecule has 1 aliphatic rings. The number of nitrogens with zero attached hydrogens (tertiary/aromatic N) is 1. The van der Waals surface area contributed by atoms with E-state index >= 15 is 0 Å². The second kappa shape index (κ2) is 6.16. The number of carbonyl (C=O) groups is 3. The number of hydrogen-bond acceptors (Lipinski definition) is 5. The average Bonchev–Trinajstić information content (AvgIpc) is 2.29. The Bertz CT molecular complexity index is 320. The summed E-state index contributed by atoms with van der Waals surface area (Å²) in [6, 6.07) is -1.34. The van der Waals surface area contributed by atoms with Crippen molar-refractivity contribution in [1.82, 2.24) is 20.9 Å². The molecule has 1 saturated heterocycles. The molecule has 0 spiro atoms.